The first-order valence-corrected chi connectivity index (χ1v) is 8.65. The molecule has 2 aromatic rings. The quantitative estimate of drug-likeness (QED) is 0.904. The summed E-state index contributed by atoms with van der Waals surface area (Å²) in [6.07, 6.45) is 0. The number of nitrogens with zero attached hydrogens (tertiary/aromatic N) is 2. The minimum atomic E-state index is -1.60. The fourth-order valence-electron chi connectivity index (χ4n) is 2.39. The van der Waals surface area contributed by atoms with Gasteiger partial charge in [0.2, 0.25) is 11.1 Å². The summed E-state index contributed by atoms with van der Waals surface area (Å²) in [6.45, 7) is 1.27. The highest BCUT2D eigenvalue weighted by atomic mass is 32.2. The van der Waals surface area contributed by atoms with E-state index < -0.39 is 11.1 Å². The Morgan fingerprint density at radius 3 is 2.29 bits per heavy atom. The number of hydrogen-bond acceptors (Lipinski definition) is 4. The molecule has 126 valence electrons. The van der Waals surface area contributed by atoms with Gasteiger partial charge in [-0.25, -0.2) is 9.00 Å². The smallest absolute Gasteiger partial charge is 0.321 e. The van der Waals surface area contributed by atoms with Crippen LogP contribution in [0.5, 0.6) is 5.75 Å². The van der Waals surface area contributed by atoms with E-state index >= 15 is 0 Å². The maximum Gasteiger partial charge on any atom is 0.321 e. The van der Waals surface area contributed by atoms with Gasteiger partial charge in [-0.05, 0) is 48.5 Å². The fourth-order valence-corrected chi connectivity index (χ4v) is 3.13. The molecule has 0 aliphatic carbocycles. The predicted octanol–water partition coefficient (Wildman–Crippen LogP) is 2.38. The fraction of sp³-hybridized carbons (Fsp3) is 0.235. The lowest BCUT2D eigenvalue weighted by Gasteiger charge is -2.14. The van der Waals surface area contributed by atoms with E-state index in [-0.39, 0.29) is 6.03 Å². The molecule has 0 bridgehead atoms. The first-order valence-electron chi connectivity index (χ1n) is 7.57. The van der Waals surface area contributed by atoms with Crippen LogP contribution in [0, 0.1) is 0 Å². The third-order valence-electron chi connectivity index (χ3n) is 3.72. The third kappa shape index (κ3) is 3.51. The van der Waals surface area contributed by atoms with Crippen LogP contribution < -0.4 is 19.3 Å². The Hall–Kier alpha value is -2.54. The van der Waals surface area contributed by atoms with Gasteiger partial charge in [0.05, 0.1) is 4.90 Å². The number of urea groups is 1. The summed E-state index contributed by atoms with van der Waals surface area (Å²) in [7, 11) is 3.91. The largest absolute Gasteiger partial charge is 0.397 e. The lowest BCUT2D eigenvalue weighted by molar-refractivity contribution is 0.252. The molecule has 1 saturated heterocycles. The van der Waals surface area contributed by atoms with Gasteiger partial charge in [-0.15, -0.1) is 0 Å². The number of rotatable bonds is 5. The number of carbonyl (C=O) groups excluding carboxylic acids is 1. The third-order valence-corrected chi connectivity index (χ3v) is 4.72. The topological polar surface area (TPSA) is 61.9 Å². The molecule has 24 heavy (non-hydrogen) atoms. The van der Waals surface area contributed by atoms with Crippen molar-refractivity contribution in [2.45, 2.75) is 4.90 Å². The van der Waals surface area contributed by atoms with Crippen molar-refractivity contribution in [3.63, 3.8) is 0 Å². The second kappa shape index (κ2) is 6.92. The molecule has 2 amide bonds. The molecule has 0 radical (unpaired) electrons. The molecule has 1 N–H and O–H groups in total. The summed E-state index contributed by atoms with van der Waals surface area (Å²) < 4.78 is 17.8. The van der Waals surface area contributed by atoms with Crippen LogP contribution in [0.4, 0.5) is 16.2 Å². The van der Waals surface area contributed by atoms with Crippen LogP contribution in [0.25, 0.3) is 0 Å². The molecule has 0 aromatic heterocycles. The Morgan fingerprint density at radius 1 is 1.08 bits per heavy atom. The van der Waals surface area contributed by atoms with Crippen LogP contribution >= 0.6 is 0 Å². The molecule has 3 rings (SSSR count). The number of amides is 2. The Bertz CT molecular complexity index is 745. The average molecular weight is 345 g/mol. The predicted molar refractivity (Wildman–Crippen MR) is 95.0 cm³/mol. The molecule has 1 fully saturated rings. The van der Waals surface area contributed by atoms with Crippen LogP contribution in [-0.4, -0.2) is 37.4 Å². The van der Waals surface area contributed by atoms with Gasteiger partial charge in [0, 0.05) is 38.6 Å². The van der Waals surface area contributed by atoms with Crippen molar-refractivity contribution >= 4 is 28.5 Å². The van der Waals surface area contributed by atoms with Crippen LogP contribution in [-0.2, 0) is 11.1 Å². The van der Waals surface area contributed by atoms with Gasteiger partial charge in [-0.1, -0.05) is 0 Å². The van der Waals surface area contributed by atoms with E-state index in [2.05, 4.69) is 5.32 Å². The first-order chi connectivity index (χ1) is 11.5. The second-order valence-electron chi connectivity index (χ2n) is 5.58. The molecule has 1 aliphatic heterocycles. The van der Waals surface area contributed by atoms with E-state index in [9.17, 15) is 9.00 Å². The SMILES string of the molecule is CN(C)c1ccc(OS(=O)c2ccc(N3CCNC3=O)cc2)cc1. The van der Waals surface area contributed by atoms with Crippen molar-refractivity contribution in [3.8, 4) is 5.75 Å². The normalized spacial score (nSPS) is 15.1. The molecule has 1 aliphatic rings. The molecule has 2 aromatic carbocycles. The van der Waals surface area contributed by atoms with Gasteiger partial charge in [0.25, 0.3) is 0 Å². The molecule has 1 unspecified atom stereocenters. The van der Waals surface area contributed by atoms with Gasteiger partial charge in [-0.2, -0.15) is 0 Å². The van der Waals surface area contributed by atoms with Crippen molar-refractivity contribution in [2.75, 3.05) is 37.0 Å². The maximum atomic E-state index is 12.3. The zero-order valence-electron chi connectivity index (χ0n) is 13.6. The Labute approximate surface area is 143 Å². The highest BCUT2D eigenvalue weighted by Gasteiger charge is 2.21. The minimum absolute atomic E-state index is 0.110. The van der Waals surface area contributed by atoms with Crippen LogP contribution in [0.15, 0.2) is 53.4 Å². The Morgan fingerprint density at radius 2 is 1.75 bits per heavy atom. The van der Waals surface area contributed by atoms with Gasteiger partial charge in [0.1, 0.15) is 5.75 Å². The lowest BCUT2D eigenvalue weighted by atomic mass is 10.3. The molecular formula is C17H19N3O3S. The van der Waals surface area contributed by atoms with Gasteiger partial charge >= 0.3 is 6.03 Å². The number of carbonyl (C=O) groups is 1. The van der Waals surface area contributed by atoms with Gasteiger partial charge in [0.15, 0.2) is 0 Å². The monoisotopic (exact) mass is 345 g/mol. The van der Waals surface area contributed by atoms with E-state index in [1.165, 1.54) is 0 Å². The van der Waals surface area contributed by atoms with E-state index in [1.807, 2.05) is 31.1 Å². The summed E-state index contributed by atoms with van der Waals surface area (Å²) >= 11 is -1.60. The molecule has 1 atom stereocenters. The van der Waals surface area contributed by atoms with E-state index in [4.69, 9.17) is 4.18 Å². The Kier molecular flexibility index (Phi) is 4.71. The zero-order chi connectivity index (χ0) is 17.1. The zero-order valence-corrected chi connectivity index (χ0v) is 14.4. The Balaban J connectivity index is 1.67. The first kappa shape index (κ1) is 16.3. The van der Waals surface area contributed by atoms with Crippen molar-refractivity contribution < 1.29 is 13.2 Å². The summed E-state index contributed by atoms with van der Waals surface area (Å²) in [5.74, 6) is 0.543. The summed E-state index contributed by atoms with van der Waals surface area (Å²) in [5, 5.41) is 2.75. The molecular weight excluding hydrogens is 326 g/mol. The molecule has 0 saturated carbocycles. The van der Waals surface area contributed by atoms with Crippen molar-refractivity contribution in [1.82, 2.24) is 5.32 Å². The number of benzene rings is 2. The second-order valence-corrected chi connectivity index (χ2v) is 6.69. The maximum absolute atomic E-state index is 12.3. The molecule has 1 heterocycles. The van der Waals surface area contributed by atoms with Crippen LogP contribution in [0.2, 0.25) is 0 Å². The van der Waals surface area contributed by atoms with Crippen molar-refractivity contribution in [2.24, 2.45) is 0 Å². The van der Waals surface area contributed by atoms with E-state index in [1.54, 1.807) is 41.3 Å². The summed E-state index contributed by atoms with van der Waals surface area (Å²) in [4.78, 5) is 15.8. The highest BCUT2D eigenvalue weighted by Crippen LogP contribution is 2.22. The van der Waals surface area contributed by atoms with Gasteiger partial charge < -0.3 is 14.4 Å². The van der Waals surface area contributed by atoms with E-state index in [0.717, 1.165) is 11.4 Å². The molecule has 6 nitrogen and oxygen atoms in total. The van der Waals surface area contributed by atoms with E-state index in [0.29, 0.717) is 23.7 Å². The highest BCUT2D eigenvalue weighted by molar-refractivity contribution is 7.80. The van der Waals surface area contributed by atoms with Gasteiger partial charge in [-0.3, -0.25) is 4.90 Å². The standard InChI is InChI=1S/C17H19N3O3S/c1-19(2)13-3-7-15(8-4-13)23-24(22)16-9-5-14(6-10-16)20-12-11-18-17(20)21/h3-10H,11-12H2,1-2H3,(H,18,21). The number of hydrogen-bond donors (Lipinski definition) is 1. The van der Waals surface area contributed by atoms with Crippen molar-refractivity contribution in [1.29, 1.82) is 0 Å². The van der Waals surface area contributed by atoms with Crippen LogP contribution in [0.1, 0.15) is 0 Å². The summed E-state index contributed by atoms with van der Waals surface area (Å²) in [6, 6.07) is 14.3. The molecule has 7 heteroatoms. The number of nitrogens with one attached hydrogen (secondary N) is 1. The molecule has 0 spiro atoms. The minimum Gasteiger partial charge on any atom is -0.397 e. The van der Waals surface area contributed by atoms with Crippen molar-refractivity contribution in [3.05, 3.63) is 48.5 Å². The van der Waals surface area contributed by atoms with Crippen LogP contribution in [0.3, 0.4) is 0 Å². The lowest BCUT2D eigenvalue weighted by Crippen LogP contribution is -2.27. The average Bonchev–Trinajstić information content (AvgIpc) is 3.01. The summed E-state index contributed by atoms with van der Waals surface area (Å²) in [5.41, 5.74) is 1.82. The number of anilines is 2.